The van der Waals surface area contributed by atoms with Gasteiger partial charge in [0.2, 0.25) is 0 Å². The molecule has 1 saturated heterocycles. The van der Waals surface area contributed by atoms with E-state index in [-0.39, 0.29) is 6.04 Å². The summed E-state index contributed by atoms with van der Waals surface area (Å²) in [6.45, 7) is 7.53. The molecular formula is C14H27N3. The van der Waals surface area contributed by atoms with Crippen LogP contribution >= 0.6 is 0 Å². The van der Waals surface area contributed by atoms with Gasteiger partial charge >= 0.3 is 0 Å². The van der Waals surface area contributed by atoms with E-state index in [0.29, 0.717) is 0 Å². The quantitative estimate of drug-likeness (QED) is 0.771. The van der Waals surface area contributed by atoms with Crippen LogP contribution in [-0.2, 0) is 0 Å². The average Bonchev–Trinajstić information content (AvgIpc) is 2.59. The van der Waals surface area contributed by atoms with E-state index in [4.69, 9.17) is 5.26 Å². The van der Waals surface area contributed by atoms with E-state index in [1.54, 1.807) is 0 Å². The Morgan fingerprint density at radius 1 is 1.35 bits per heavy atom. The molecule has 2 atom stereocenters. The van der Waals surface area contributed by atoms with Crippen LogP contribution in [0.15, 0.2) is 0 Å². The van der Waals surface area contributed by atoms with Gasteiger partial charge < -0.3 is 10.2 Å². The Bertz CT molecular complexity index is 234. The molecule has 0 aromatic heterocycles. The van der Waals surface area contributed by atoms with Gasteiger partial charge in [-0.25, -0.2) is 0 Å². The third-order valence-electron chi connectivity index (χ3n) is 3.78. The van der Waals surface area contributed by atoms with Crippen LogP contribution in [0.4, 0.5) is 0 Å². The van der Waals surface area contributed by atoms with Crippen molar-refractivity contribution in [3.8, 4) is 6.07 Å². The first kappa shape index (κ1) is 14.5. The van der Waals surface area contributed by atoms with Crippen LogP contribution in [0.5, 0.6) is 0 Å². The first-order chi connectivity index (χ1) is 8.31. The first-order valence-electron chi connectivity index (χ1n) is 7.18. The highest BCUT2D eigenvalue weighted by atomic mass is 15.2. The van der Waals surface area contributed by atoms with Crippen LogP contribution < -0.4 is 5.32 Å². The molecule has 0 aromatic carbocycles. The van der Waals surface area contributed by atoms with Crippen molar-refractivity contribution in [2.75, 3.05) is 19.6 Å². The molecule has 0 amide bonds. The lowest BCUT2D eigenvalue weighted by Crippen LogP contribution is -2.38. The molecule has 98 valence electrons. The van der Waals surface area contributed by atoms with Gasteiger partial charge in [-0.1, -0.05) is 26.7 Å². The maximum Gasteiger partial charge on any atom is 0.0965 e. The third kappa shape index (κ3) is 5.06. The molecule has 1 fully saturated rings. The summed E-state index contributed by atoms with van der Waals surface area (Å²) in [5.41, 5.74) is 0. The van der Waals surface area contributed by atoms with Gasteiger partial charge in [0.1, 0.15) is 0 Å². The molecule has 0 aromatic rings. The first-order valence-corrected chi connectivity index (χ1v) is 7.18. The summed E-state index contributed by atoms with van der Waals surface area (Å²) >= 11 is 0. The van der Waals surface area contributed by atoms with E-state index < -0.39 is 0 Å². The Morgan fingerprint density at radius 2 is 2.18 bits per heavy atom. The van der Waals surface area contributed by atoms with Crippen molar-refractivity contribution < 1.29 is 0 Å². The average molecular weight is 237 g/mol. The molecule has 3 heteroatoms. The summed E-state index contributed by atoms with van der Waals surface area (Å²) in [4.78, 5) is 2.61. The maximum atomic E-state index is 9.03. The number of hydrogen-bond donors (Lipinski definition) is 1. The van der Waals surface area contributed by atoms with Crippen LogP contribution in [0.3, 0.4) is 0 Å². The van der Waals surface area contributed by atoms with E-state index in [0.717, 1.165) is 25.6 Å². The van der Waals surface area contributed by atoms with Crippen LogP contribution in [0.25, 0.3) is 0 Å². The minimum atomic E-state index is 0.0285. The molecule has 0 bridgehead atoms. The van der Waals surface area contributed by atoms with E-state index in [1.165, 1.54) is 38.6 Å². The lowest BCUT2D eigenvalue weighted by atomic mass is 10.1. The van der Waals surface area contributed by atoms with Crippen molar-refractivity contribution in [2.45, 2.75) is 64.5 Å². The van der Waals surface area contributed by atoms with Gasteiger partial charge in [-0.2, -0.15) is 5.26 Å². The van der Waals surface area contributed by atoms with Gasteiger partial charge in [0.15, 0.2) is 0 Å². The zero-order valence-corrected chi connectivity index (χ0v) is 11.4. The Hall–Kier alpha value is -0.590. The molecule has 1 heterocycles. The maximum absolute atomic E-state index is 9.03. The summed E-state index contributed by atoms with van der Waals surface area (Å²) in [5.74, 6) is 0. The summed E-state index contributed by atoms with van der Waals surface area (Å²) < 4.78 is 0. The van der Waals surface area contributed by atoms with Crippen molar-refractivity contribution in [2.24, 2.45) is 0 Å². The van der Waals surface area contributed by atoms with Gasteiger partial charge in [0.05, 0.1) is 12.1 Å². The highest BCUT2D eigenvalue weighted by molar-refractivity contribution is 4.90. The minimum absolute atomic E-state index is 0.0285. The van der Waals surface area contributed by atoms with Gasteiger partial charge in [-0.3, -0.25) is 0 Å². The van der Waals surface area contributed by atoms with Crippen molar-refractivity contribution in [1.82, 2.24) is 10.2 Å². The number of likely N-dealkylation sites (tertiary alicyclic amines) is 1. The molecule has 17 heavy (non-hydrogen) atoms. The molecule has 1 aliphatic rings. The largest absolute Gasteiger partial charge is 0.302 e. The van der Waals surface area contributed by atoms with Gasteiger partial charge in [-0.15, -0.1) is 0 Å². The molecule has 1 rings (SSSR count). The number of rotatable bonds is 6. The molecule has 1 N–H and O–H groups in total. The standard InChI is InChI=1S/C14H27N3/c1-3-14-8-6-5-7-10-17(14)11-9-13(12-15)16-4-2/h13-14,16H,3-11H2,1-2H3. The molecule has 1 aliphatic heterocycles. The van der Waals surface area contributed by atoms with Gasteiger partial charge in [0, 0.05) is 12.6 Å². The summed E-state index contributed by atoms with van der Waals surface area (Å²) in [6.07, 6.45) is 7.63. The van der Waals surface area contributed by atoms with E-state index in [9.17, 15) is 0 Å². The van der Waals surface area contributed by atoms with E-state index >= 15 is 0 Å². The molecular weight excluding hydrogens is 210 g/mol. The van der Waals surface area contributed by atoms with Crippen LogP contribution in [0.2, 0.25) is 0 Å². The molecule has 0 saturated carbocycles. The van der Waals surface area contributed by atoms with Crippen molar-refractivity contribution in [1.29, 1.82) is 5.26 Å². The van der Waals surface area contributed by atoms with Gasteiger partial charge in [0.25, 0.3) is 0 Å². The lowest BCUT2D eigenvalue weighted by Gasteiger charge is -2.29. The molecule has 3 nitrogen and oxygen atoms in total. The fourth-order valence-electron chi connectivity index (χ4n) is 2.75. The minimum Gasteiger partial charge on any atom is -0.302 e. The normalized spacial score (nSPS) is 23.9. The van der Waals surface area contributed by atoms with Crippen LogP contribution in [0.1, 0.15) is 52.4 Å². The fourth-order valence-corrected chi connectivity index (χ4v) is 2.75. The Balaban J connectivity index is 2.38. The van der Waals surface area contributed by atoms with E-state index in [1.807, 2.05) is 0 Å². The third-order valence-corrected chi connectivity index (χ3v) is 3.78. The fraction of sp³-hybridized carbons (Fsp3) is 0.929. The number of hydrogen-bond acceptors (Lipinski definition) is 3. The summed E-state index contributed by atoms with van der Waals surface area (Å²) in [5, 5.41) is 12.3. The zero-order valence-electron chi connectivity index (χ0n) is 11.4. The highest BCUT2D eigenvalue weighted by Crippen LogP contribution is 2.19. The second kappa shape index (κ2) is 8.49. The smallest absolute Gasteiger partial charge is 0.0965 e. The Kier molecular flexibility index (Phi) is 7.23. The van der Waals surface area contributed by atoms with Gasteiger partial charge in [-0.05, 0) is 38.8 Å². The molecule has 0 radical (unpaired) electrons. The molecule has 0 aliphatic carbocycles. The van der Waals surface area contributed by atoms with Crippen LogP contribution in [0, 0.1) is 11.3 Å². The Morgan fingerprint density at radius 3 is 2.82 bits per heavy atom. The molecule has 0 spiro atoms. The second-order valence-corrected chi connectivity index (χ2v) is 4.98. The number of nitrogens with one attached hydrogen (secondary N) is 1. The summed E-state index contributed by atoms with van der Waals surface area (Å²) in [7, 11) is 0. The van der Waals surface area contributed by atoms with E-state index in [2.05, 4.69) is 30.1 Å². The van der Waals surface area contributed by atoms with Crippen molar-refractivity contribution >= 4 is 0 Å². The number of nitrogens with zero attached hydrogens (tertiary/aromatic N) is 2. The second-order valence-electron chi connectivity index (χ2n) is 4.98. The summed E-state index contributed by atoms with van der Waals surface area (Å²) in [6, 6.07) is 3.13. The van der Waals surface area contributed by atoms with Crippen molar-refractivity contribution in [3.63, 3.8) is 0 Å². The molecule has 2 unspecified atom stereocenters. The Labute approximate surface area is 106 Å². The zero-order chi connectivity index (χ0) is 12.5. The predicted octanol–water partition coefficient (Wildman–Crippen LogP) is 2.53. The monoisotopic (exact) mass is 237 g/mol. The topological polar surface area (TPSA) is 39.1 Å². The number of nitriles is 1. The van der Waals surface area contributed by atoms with Crippen molar-refractivity contribution in [3.05, 3.63) is 0 Å². The van der Waals surface area contributed by atoms with Crippen LogP contribution in [-0.4, -0.2) is 36.6 Å². The predicted molar refractivity (Wildman–Crippen MR) is 71.8 cm³/mol. The SMILES string of the molecule is CCNC(C#N)CCN1CCCCCC1CC. The highest BCUT2D eigenvalue weighted by Gasteiger charge is 2.19. The lowest BCUT2D eigenvalue weighted by molar-refractivity contribution is 0.188.